The molecule has 3 rings (SSSR count). The SMILES string of the molecule is CCn1c(O)c(N=NC(=S)Nc2ccccc2S(N)(=O)=O)c2cc(Cl)cc(C)c21. The molecule has 0 saturated carbocycles. The third kappa shape index (κ3) is 4.25. The van der Waals surface area contributed by atoms with Crippen LogP contribution in [0.5, 0.6) is 5.88 Å². The van der Waals surface area contributed by atoms with Crippen LogP contribution in [-0.4, -0.2) is 23.2 Å². The molecule has 1 heterocycles. The van der Waals surface area contributed by atoms with Gasteiger partial charge in [0.2, 0.25) is 21.0 Å². The Morgan fingerprint density at radius 3 is 2.69 bits per heavy atom. The van der Waals surface area contributed by atoms with E-state index < -0.39 is 10.0 Å². The van der Waals surface area contributed by atoms with Gasteiger partial charge in [0.05, 0.1) is 11.2 Å². The molecule has 3 aromatic rings. The number of aromatic hydroxyl groups is 1. The third-order valence-electron chi connectivity index (χ3n) is 4.25. The van der Waals surface area contributed by atoms with Crippen molar-refractivity contribution in [2.24, 2.45) is 15.4 Å². The molecule has 0 aliphatic heterocycles. The summed E-state index contributed by atoms with van der Waals surface area (Å²) in [5, 5.41) is 27.5. The lowest BCUT2D eigenvalue weighted by atomic mass is 10.1. The predicted octanol–water partition coefficient (Wildman–Crippen LogP) is 4.46. The standard InChI is InChI=1S/C18H18ClN5O3S2/c1-3-24-16-10(2)8-11(19)9-12(16)15(17(24)25)22-23-18(28)21-13-6-4-5-7-14(13)29(20,26)27/h4-9,25H,3H2,1-2H3,(H,21,28)(H2,20,26,27). The summed E-state index contributed by atoms with van der Waals surface area (Å²) >= 11 is 11.3. The van der Waals surface area contributed by atoms with Crippen LogP contribution in [0.1, 0.15) is 12.5 Å². The second-order valence-corrected chi connectivity index (χ2v) is 8.56. The lowest BCUT2D eigenvalue weighted by Crippen LogP contribution is -2.16. The number of fused-ring (bicyclic) bond motifs is 1. The first-order valence-electron chi connectivity index (χ1n) is 8.49. The number of azo groups is 1. The number of rotatable bonds is 4. The minimum atomic E-state index is -3.94. The van der Waals surface area contributed by atoms with E-state index in [1.165, 1.54) is 12.1 Å². The highest BCUT2D eigenvalue weighted by Gasteiger charge is 2.19. The number of aromatic nitrogens is 1. The van der Waals surface area contributed by atoms with Gasteiger partial charge in [-0.15, -0.1) is 10.2 Å². The van der Waals surface area contributed by atoms with Crippen LogP contribution in [0.15, 0.2) is 51.5 Å². The Labute approximate surface area is 178 Å². The molecule has 11 heteroatoms. The summed E-state index contributed by atoms with van der Waals surface area (Å²) in [5.41, 5.74) is 2.07. The van der Waals surface area contributed by atoms with Crippen molar-refractivity contribution in [2.45, 2.75) is 25.3 Å². The second kappa shape index (κ2) is 8.07. The van der Waals surface area contributed by atoms with Crippen LogP contribution in [-0.2, 0) is 16.6 Å². The van der Waals surface area contributed by atoms with Crippen molar-refractivity contribution >= 4 is 61.2 Å². The topological polar surface area (TPSA) is 122 Å². The van der Waals surface area contributed by atoms with Crippen molar-refractivity contribution < 1.29 is 13.5 Å². The van der Waals surface area contributed by atoms with Gasteiger partial charge in [0.1, 0.15) is 4.90 Å². The van der Waals surface area contributed by atoms with E-state index in [-0.39, 0.29) is 27.3 Å². The van der Waals surface area contributed by atoms with Crippen LogP contribution in [0.2, 0.25) is 5.02 Å². The number of nitrogens with two attached hydrogens (primary N) is 1. The van der Waals surface area contributed by atoms with E-state index >= 15 is 0 Å². The van der Waals surface area contributed by atoms with Crippen molar-refractivity contribution in [3.63, 3.8) is 0 Å². The molecule has 0 aliphatic carbocycles. The fourth-order valence-electron chi connectivity index (χ4n) is 3.09. The van der Waals surface area contributed by atoms with Crippen LogP contribution < -0.4 is 10.5 Å². The Kier molecular flexibility index (Phi) is 5.90. The number of sulfonamides is 1. The van der Waals surface area contributed by atoms with Gasteiger partial charge < -0.3 is 15.0 Å². The number of nitrogens with one attached hydrogen (secondary N) is 1. The third-order valence-corrected chi connectivity index (χ3v) is 5.62. The maximum absolute atomic E-state index is 11.7. The van der Waals surface area contributed by atoms with E-state index in [9.17, 15) is 13.5 Å². The first kappa shape index (κ1) is 21.2. The van der Waals surface area contributed by atoms with Gasteiger partial charge in [-0.1, -0.05) is 23.7 Å². The molecule has 0 bridgehead atoms. The van der Waals surface area contributed by atoms with E-state index in [0.29, 0.717) is 17.0 Å². The quantitative estimate of drug-likeness (QED) is 0.399. The van der Waals surface area contributed by atoms with E-state index in [0.717, 1.165) is 11.1 Å². The number of aryl methyl sites for hydroxylation is 2. The van der Waals surface area contributed by atoms with Crippen molar-refractivity contribution in [2.75, 3.05) is 5.32 Å². The summed E-state index contributed by atoms with van der Waals surface area (Å²) in [6, 6.07) is 9.51. The average Bonchev–Trinajstić information content (AvgIpc) is 2.90. The summed E-state index contributed by atoms with van der Waals surface area (Å²) in [7, 11) is -3.94. The van der Waals surface area contributed by atoms with E-state index in [1.54, 1.807) is 28.8 Å². The highest BCUT2D eigenvalue weighted by Crippen LogP contribution is 2.41. The number of halogens is 1. The molecular weight excluding hydrogens is 434 g/mol. The molecule has 0 atom stereocenters. The van der Waals surface area contributed by atoms with Gasteiger partial charge in [-0.2, -0.15) is 0 Å². The Balaban J connectivity index is 1.98. The molecular formula is C18H18ClN5O3S2. The van der Waals surface area contributed by atoms with Crippen LogP contribution in [0.3, 0.4) is 0 Å². The molecule has 2 aromatic carbocycles. The van der Waals surface area contributed by atoms with E-state index in [2.05, 4.69) is 15.5 Å². The Bertz CT molecular complexity index is 1250. The van der Waals surface area contributed by atoms with Crippen molar-refractivity contribution in [1.82, 2.24) is 4.57 Å². The highest BCUT2D eigenvalue weighted by molar-refractivity contribution is 7.89. The number of para-hydroxylation sites is 1. The highest BCUT2D eigenvalue weighted by atomic mass is 35.5. The maximum atomic E-state index is 11.7. The molecule has 0 fully saturated rings. The molecule has 8 nitrogen and oxygen atoms in total. The van der Waals surface area contributed by atoms with E-state index in [4.69, 9.17) is 29.0 Å². The van der Waals surface area contributed by atoms with Crippen LogP contribution in [0, 0.1) is 6.92 Å². The number of hydrogen-bond donors (Lipinski definition) is 3. The zero-order chi connectivity index (χ0) is 21.3. The summed E-state index contributed by atoms with van der Waals surface area (Å²) in [4.78, 5) is -0.120. The Morgan fingerprint density at radius 1 is 1.34 bits per heavy atom. The van der Waals surface area contributed by atoms with Gasteiger partial charge in [-0.25, -0.2) is 13.6 Å². The molecule has 0 saturated heterocycles. The molecule has 1 aromatic heterocycles. The molecule has 0 spiro atoms. The molecule has 4 N–H and O–H groups in total. The van der Waals surface area contributed by atoms with Gasteiger partial charge in [0, 0.05) is 17.0 Å². The fraction of sp³-hybridized carbons (Fsp3) is 0.167. The Hall–Kier alpha value is -2.53. The predicted molar refractivity (Wildman–Crippen MR) is 118 cm³/mol. The maximum Gasteiger partial charge on any atom is 0.240 e. The summed E-state index contributed by atoms with van der Waals surface area (Å²) < 4.78 is 25.1. The lowest BCUT2D eigenvalue weighted by molar-refractivity contribution is 0.426. The van der Waals surface area contributed by atoms with Crippen molar-refractivity contribution in [3.05, 3.63) is 47.0 Å². The van der Waals surface area contributed by atoms with Crippen molar-refractivity contribution in [1.29, 1.82) is 0 Å². The van der Waals surface area contributed by atoms with Gasteiger partial charge in [0.25, 0.3) is 0 Å². The largest absolute Gasteiger partial charge is 0.493 e. The number of thiocarbonyl (C=S) groups is 1. The first-order valence-corrected chi connectivity index (χ1v) is 10.8. The number of anilines is 1. The van der Waals surface area contributed by atoms with Gasteiger partial charge >= 0.3 is 0 Å². The molecule has 0 unspecified atom stereocenters. The smallest absolute Gasteiger partial charge is 0.240 e. The lowest BCUT2D eigenvalue weighted by Gasteiger charge is -2.08. The molecule has 152 valence electrons. The number of benzene rings is 2. The second-order valence-electron chi connectivity index (χ2n) is 6.21. The summed E-state index contributed by atoms with van der Waals surface area (Å²) in [5.74, 6) is -0.0654. The van der Waals surface area contributed by atoms with Crippen LogP contribution >= 0.6 is 23.8 Å². The van der Waals surface area contributed by atoms with E-state index in [1.807, 2.05) is 13.8 Å². The monoisotopic (exact) mass is 451 g/mol. The zero-order valence-corrected chi connectivity index (χ0v) is 17.9. The average molecular weight is 452 g/mol. The minimum absolute atomic E-state index is 0.0654. The molecule has 0 amide bonds. The number of primary sulfonamides is 1. The van der Waals surface area contributed by atoms with Gasteiger partial charge in [0.15, 0.2) is 5.69 Å². The molecule has 29 heavy (non-hydrogen) atoms. The first-order chi connectivity index (χ1) is 13.6. The number of nitrogens with zero attached hydrogens (tertiary/aromatic N) is 3. The normalized spacial score (nSPS) is 12.0. The van der Waals surface area contributed by atoms with Gasteiger partial charge in [-0.05, 0) is 55.9 Å². The fourth-order valence-corrected chi connectivity index (χ4v) is 4.21. The zero-order valence-electron chi connectivity index (χ0n) is 15.5. The molecule has 0 radical (unpaired) electrons. The van der Waals surface area contributed by atoms with Crippen molar-refractivity contribution in [3.8, 4) is 5.88 Å². The van der Waals surface area contributed by atoms with Crippen LogP contribution in [0.25, 0.3) is 10.9 Å². The van der Waals surface area contributed by atoms with Crippen LogP contribution in [0.4, 0.5) is 11.4 Å². The minimum Gasteiger partial charge on any atom is -0.493 e. The number of hydrogen-bond acceptors (Lipinski definition) is 5. The van der Waals surface area contributed by atoms with Gasteiger partial charge in [-0.3, -0.25) is 0 Å². The molecule has 0 aliphatic rings. The summed E-state index contributed by atoms with van der Waals surface area (Å²) in [6.07, 6.45) is 0. The Morgan fingerprint density at radius 2 is 2.03 bits per heavy atom. The summed E-state index contributed by atoms with van der Waals surface area (Å²) in [6.45, 7) is 4.30.